The molecule has 1 heterocycles. The summed E-state index contributed by atoms with van der Waals surface area (Å²) in [5.74, 6) is 0.372. The van der Waals surface area contributed by atoms with Crippen LogP contribution >= 0.6 is 11.6 Å². The SMILES string of the molecule is Cc1cc(S(=O)(=O)N(C)CC2CCOCC2)ccc1Cl. The van der Waals surface area contributed by atoms with Gasteiger partial charge < -0.3 is 4.74 Å². The molecule has 112 valence electrons. The molecule has 1 aromatic rings. The number of rotatable bonds is 4. The minimum Gasteiger partial charge on any atom is -0.381 e. The van der Waals surface area contributed by atoms with Gasteiger partial charge in [-0.05, 0) is 49.4 Å². The minimum absolute atomic E-state index is 0.300. The van der Waals surface area contributed by atoms with Crippen molar-refractivity contribution in [2.45, 2.75) is 24.7 Å². The van der Waals surface area contributed by atoms with Crippen LogP contribution in [0.3, 0.4) is 0 Å². The van der Waals surface area contributed by atoms with E-state index < -0.39 is 10.0 Å². The van der Waals surface area contributed by atoms with Gasteiger partial charge in [-0.2, -0.15) is 0 Å². The molecule has 0 unspecified atom stereocenters. The Hall–Kier alpha value is -0.620. The molecule has 0 spiro atoms. The fraction of sp³-hybridized carbons (Fsp3) is 0.571. The van der Waals surface area contributed by atoms with Crippen molar-refractivity contribution in [2.24, 2.45) is 5.92 Å². The lowest BCUT2D eigenvalue weighted by Gasteiger charge is -2.26. The third kappa shape index (κ3) is 3.52. The van der Waals surface area contributed by atoms with Gasteiger partial charge in [0, 0.05) is 31.8 Å². The van der Waals surface area contributed by atoms with Gasteiger partial charge in [-0.1, -0.05) is 11.6 Å². The first kappa shape index (κ1) is 15.8. The van der Waals surface area contributed by atoms with Crippen LogP contribution in [-0.2, 0) is 14.8 Å². The number of nitrogens with zero attached hydrogens (tertiary/aromatic N) is 1. The molecule has 1 aromatic carbocycles. The Morgan fingerprint density at radius 2 is 2.00 bits per heavy atom. The number of aryl methyl sites for hydroxylation is 1. The summed E-state index contributed by atoms with van der Waals surface area (Å²) in [6, 6.07) is 4.81. The van der Waals surface area contributed by atoms with Crippen LogP contribution in [0.2, 0.25) is 5.02 Å². The molecule has 6 heteroatoms. The van der Waals surface area contributed by atoms with Crippen molar-refractivity contribution in [1.82, 2.24) is 4.31 Å². The first-order chi connectivity index (χ1) is 9.41. The van der Waals surface area contributed by atoms with E-state index in [1.165, 1.54) is 4.31 Å². The van der Waals surface area contributed by atoms with Crippen LogP contribution in [0, 0.1) is 12.8 Å². The van der Waals surface area contributed by atoms with Crippen LogP contribution < -0.4 is 0 Å². The van der Waals surface area contributed by atoms with E-state index >= 15 is 0 Å². The Morgan fingerprint density at radius 1 is 1.35 bits per heavy atom. The molecule has 1 saturated heterocycles. The zero-order valence-corrected chi connectivity index (χ0v) is 13.4. The molecule has 4 nitrogen and oxygen atoms in total. The van der Waals surface area contributed by atoms with Crippen LogP contribution in [0.4, 0.5) is 0 Å². The normalized spacial score (nSPS) is 17.6. The van der Waals surface area contributed by atoms with Crippen molar-refractivity contribution in [3.63, 3.8) is 0 Å². The van der Waals surface area contributed by atoms with Crippen molar-refractivity contribution in [2.75, 3.05) is 26.8 Å². The molecule has 0 aliphatic carbocycles. The van der Waals surface area contributed by atoms with E-state index in [0.717, 1.165) is 31.6 Å². The van der Waals surface area contributed by atoms with E-state index in [-0.39, 0.29) is 0 Å². The smallest absolute Gasteiger partial charge is 0.242 e. The molecule has 0 radical (unpaired) electrons. The van der Waals surface area contributed by atoms with Gasteiger partial charge >= 0.3 is 0 Å². The maximum Gasteiger partial charge on any atom is 0.242 e. The van der Waals surface area contributed by atoms with E-state index in [0.29, 0.717) is 22.4 Å². The third-order valence-corrected chi connectivity index (χ3v) is 5.94. The summed E-state index contributed by atoms with van der Waals surface area (Å²) in [7, 11) is -1.81. The summed E-state index contributed by atoms with van der Waals surface area (Å²) < 4.78 is 31.8. The lowest BCUT2D eigenvalue weighted by atomic mass is 10.0. The Kier molecular flexibility index (Phi) is 5.07. The fourth-order valence-electron chi connectivity index (χ4n) is 2.35. The first-order valence-electron chi connectivity index (χ1n) is 6.71. The highest BCUT2D eigenvalue weighted by Gasteiger charge is 2.25. The Labute approximate surface area is 125 Å². The molecule has 0 bridgehead atoms. The number of hydrogen-bond acceptors (Lipinski definition) is 3. The Balaban J connectivity index is 2.13. The molecule has 1 aliphatic heterocycles. The highest BCUT2D eigenvalue weighted by molar-refractivity contribution is 7.89. The molecule has 2 rings (SSSR count). The van der Waals surface area contributed by atoms with E-state index in [9.17, 15) is 8.42 Å². The number of hydrogen-bond donors (Lipinski definition) is 0. The second kappa shape index (κ2) is 6.43. The predicted molar refractivity (Wildman–Crippen MR) is 79.5 cm³/mol. The number of halogens is 1. The summed E-state index contributed by atoms with van der Waals surface area (Å²) in [6.07, 6.45) is 1.83. The van der Waals surface area contributed by atoms with Crippen molar-refractivity contribution in [3.05, 3.63) is 28.8 Å². The minimum atomic E-state index is -3.44. The predicted octanol–water partition coefficient (Wildman–Crippen LogP) is 2.70. The second-order valence-electron chi connectivity index (χ2n) is 5.25. The van der Waals surface area contributed by atoms with Crippen molar-refractivity contribution < 1.29 is 13.2 Å². The van der Waals surface area contributed by atoms with E-state index in [2.05, 4.69) is 0 Å². The van der Waals surface area contributed by atoms with Gasteiger partial charge in [0.2, 0.25) is 10.0 Å². The Morgan fingerprint density at radius 3 is 2.60 bits per heavy atom. The third-order valence-electron chi connectivity index (χ3n) is 3.69. The lowest BCUT2D eigenvalue weighted by Crippen LogP contribution is -2.34. The van der Waals surface area contributed by atoms with Gasteiger partial charge in [-0.3, -0.25) is 0 Å². The maximum absolute atomic E-state index is 12.5. The summed E-state index contributed by atoms with van der Waals surface area (Å²) in [5, 5.41) is 0.580. The van der Waals surface area contributed by atoms with Gasteiger partial charge in [0.25, 0.3) is 0 Å². The van der Waals surface area contributed by atoms with Crippen molar-refractivity contribution in [3.8, 4) is 0 Å². The quantitative estimate of drug-likeness (QED) is 0.857. The summed E-state index contributed by atoms with van der Waals surface area (Å²) in [4.78, 5) is 0.300. The molecule has 0 saturated carbocycles. The molecular formula is C14H20ClNO3S. The van der Waals surface area contributed by atoms with E-state index in [1.54, 1.807) is 32.2 Å². The first-order valence-corrected chi connectivity index (χ1v) is 8.53. The number of sulfonamides is 1. The molecule has 1 fully saturated rings. The molecule has 0 atom stereocenters. The van der Waals surface area contributed by atoms with Crippen LogP contribution in [0.1, 0.15) is 18.4 Å². The molecule has 20 heavy (non-hydrogen) atoms. The van der Waals surface area contributed by atoms with E-state index in [4.69, 9.17) is 16.3 Å². The zero-order chi connectivity index (χ0) is 14.8. The molecule has 1 aliphatic rings. The largest absolute Gasteiger partial charge is 0.381 e. The second-order valence-corrected chi connectivity index (χ2v) is 7.70. The highest BCUT2D eigenvalue weighted by atomic mass is 35.5. The van der Waals surface area contributed by atoms with Crippen molar-refractivity contribution >= 4 is 21.6 Å². The lowest BCUT2D eigenvalue weighted by molar-refractivity contribution is 0.0620. The van der Waals surface area contributed by atoms with Gasteiger partial charge in [-0.15, -0.1) is 0 Å². The van der Waals surface area contributed by atoms with Gasteiger partial charge in [0.1, 0.15) is 0 Å². The van der Waals surface area contributed by atoms with Gasteiger partial charge in [-0.25, -0.2) is 12.7 Å². The molecule has 0 amide bonds. The monoisotopic (exact) mass is 317 g/mol. The summed E-state index contributed by atoms with van der Waals surface area (Å²) in [5.41, 5.74) is 0.771. The summed E-state index contributed by atoms with van der Waals surface area (Å²) in [6.45, 7) is 3.78. The number of benzene rings is 1. The van der Waals surface area contributed by atoms with Crippen molar-refractivity contribution in [1.29, 1.82) is 0 Å². The summed E-state index contributed by atoms with van der Waals surface area (Å²) >= 11 is 5.94. The number of ether oxygens (including phenoxy) is 1. The molecule has 0 N–H and O–H groups in total. The van der Waals surface area contributed by atoms with Crippen LogP contribution in [0.5, 0.6) is 0 Å². The van der Waals surface area contributed by atoms with Gasteiger partial charge in [0.15, 0.2) is 0 Å². The molecule has 0 aromatic heterocycles. The maximum atomic E-state index is 12.5. The standard InChI is InChI=1S/C14H20ClNO3S/c1-11-9-13(3-4-14(11)15)20(17,18)16(2)10-12-5-7-19-8-6-12/h3-4,9,12H,5-8,10H2,1-2H3. The van der Waals surface area contributed by atoms with Crippen LogP contribution in [0.15, 0.2) is 23.1 Å². The van der Waals surface area contributed by atoms with Gasteiger partial charge in [0.05, 0.1) is 4.90 Å². The van der Waals surface area contributed by atoms with E-state index in [1.807, 2.05) is 0 Å². The average Bonchev–Trinajstić information content (AvgIpc) is 2.42. The highest BCUT2D eigenvalue weighted by Crippen LogP contribution is 2.23. The Bertz CT molecular complexity index is 568. The van der Waals surface area contributed by atoms with Crippen LogP contribution in [0.25, 0.3) is 0 Å². The van der Waals surface area contributed by atoms with Crippen LogP contribution in [-0.4, -0.2) is 39.5 Å². The molecular weight excluding hydrogens is 298 g/mol. The fourth-order valence-corrected chi connectivity index (χ4v) is 3.80. The topological polar surface area (TPSA) is 46.6 Å². The average molecular weight is 318 g/mol. The zero-order valence-electron chi connectivity index (χ0n) is 11.8.